The minimum absolute atomic E-state index is 0.349. The number of thioether (sulfide) groups is 1. The van der Waals surface area contributed by atoms with Crippen LogP contribution in [0.1, 0.15) is 18.9 Å². The zero-order valence-electron chi connectivity index (χ0n) is 11.2. The Morgan fingerprint density at radius 2 is 2.33 bits per heavy atom. The molecule has 0 radical (unpaired) electrons. The van der Waals surface area contributed by atoms with Crippen LogP contribution in [0.3, 0.4) is 0 Å². The summed E-state index contributed by atoms with van der Waals surface area (Å²) >= 11 is 1.77. The van der Waals surface area contributed by atoms with Crippen molar-refractivity contribution in [3.8, 4) is 0 Å². The number of ether oxygens (including phenoxy) is 1. The molecule has 0 saturated carbocycles. The number of nitrogens with zero attached hydrogens (tertiary/aromatic N) is 1. The maximum atomic E-state index is 5.93. The Morgan fingerprint density at radius 3 is 3.00 bits per heavy atom. The van der Waals surface area contributed by atoms with E-state index < -0.39 is 0 Å². The number of morpholine rings is 1. The molecular formula is C14H22N2OS. The Bertz CT molecular complexity index is 397. The summed E-state index contributed by atoms with van der Waals surface area (Å²) in [6.45, 7) is 5.52. The molecule has 1 atom stereocenters. The molecule has 1 fully saturated rings. The van der Waals surface area contributed by atoms with Gasteiger partial charge in [0.05, 0.1) is 12.7 Å². The largest absolute Gasteiger partial charge is 0.375 e. The normalized spacial score (nSPS) is 20.2. The maximum absolute atomic E-state index is 5.93. The summed E-state index contributed by atoms with van der Waals surface area (Å²) in [6, 6.07) is 6.45. The molecular weight excluding hydrogens is 244 g/mol. The molecule has 1 unspecified atom stereocenters. The average molecular weight is 266 g/mol. The fourth-order valence-corrected chi connectivity index (χ4v) is 3.08. The number of hydrogen-bond donors (Lipinski definition) is 1. The predicted molar refractivity (Wildman–Crippen MR) is 78.4 cm³/mol. The zero-order chi connectivity index (χ0) is 13.0. The first-order chi connectivity index (χ1) is 8.80. The van der Waals surface area contributed by atoms with Crippen molar-refractivity contribution in [3.05, 3.63) is 23.8 Å². The fourth-order valence-electron chi connectivity index (χ4n) is 2.43. The molecule has 3 nitrogen and oxygen atoms in total. The molecule has 0 aromatic heterocycles. The topological polar surface area (TPSA) is 38.5 Å². The van der Waals surface area contributed by atoms with Crippen LogP contribution in [-0.4, -0.2) is 32.1 Å². The van der Waals surface area contributed by atoms with Crippen molar-refractivity contribution in [1.82, 2.24) is 0 Å². The SMILES string of the molecule is CCC1CN(c2cccc(SC)c2CN)CCO1. The molecule has 1 aromatic rings. The molecule has 0 spiro atoms. The van der Waals surface area contributed by atoms with E-state index >= 15 is 0 Å². The van der Waals surface area contributed by atoms with Crippen LogP contribution >= 0.6 is 11.8 Å². The van der Waals surface area contributed by atoms with Crippen LogP contribution in [0.2, 0.25) is 0 Å². The summed E-state index contributed by atoms with van der Waals surface area (Å²) in [4.78, 5) is 3.70. The summed E-state index contributed by atoms with van der Waals surface area (Å²) in [5, 5.41) is 0. The summed E-state index contributed by atoms with van der Waals surface area (Å²) in [5.74, 6) is 0. The van der Waals surface area contributed by atoms with Crippen LogP contribution in [0, 0.1) is 0 Å². The van der Waals surface area contributed by atoms with Gasteiger partial charge in [0.25, 0.3) is 0 Å². The van der Waals surface area contributed by atoms with Crippen LogP contribution in [0.15, 0.2) is 23.1 Å². The summed E-state index contributed by atoms with van der Waals surface area (Å²) in [7, 11) is 0. The Balaban J connectivity index is 2.26. The van der Waals surface area contributed by atoms with E-state index in [1.807, 2.05) is 0 Å². The van der Waals surface area contributed by atoms with Gasteiger partial charge in [0, 0.05) is 35.8 Å². The molecule has 1 saturated heterocycles. The van der Waals surface area contributed by atoms with Crippen LogP contribution in [0.4, 0.5) is 5.69 Å². The van der Waals surface area contributed by atoms with E-state index in [-0.39, 0.29) is 0 Å². The molecule has 4 heteroatoms. The van der Waals surface area contributed by atoms with E-state index in [4.69, 9.17) is 10.5 Å². The van der Waals surface area contributed by atoms with Crippen molar-refractivity contribution in [3.63, 3.8) is 0 Å². The minimum atomic E-state index is 0.349. The highest BCUT2D eigenvalue weighted by Gasteiger charge is 2.21. The maximum Gasteiger partial charge on any atom is 0.0748 e. The zero-order valence-corrected chi connectivity index (χ0v) is 12.0. The lowest BCUT2D eigenvalue weighted by Gasteiger charge is -2.35. The quantitative estimate of drug-likeness (QED) is 0.850. The van der Waals surface area contributed by atoms with Gasteiger partial charge >= 0.3 is 0 Å². The molecule has 1 aliphatic rings. The van der Waals surface area contributed by atoms with E-state index in [0.717, 1.165) is 26.1 Å². The van der Waals surface area contributed by atoms with Crippen LogP contribution in [0.5, 0.6) is 0 Å². The monoisotopic (exact) mass is 266 g/mol. The van der Waals surface area contributed by atoms with Crippen LogP contribution in [-0.2, 0) is 11.3 Å². The lowest BCUT2D eigenvalue weighted by Crippen LogP contribution is -2.42. The average Bonchev–Trinajstić information content (AvgIpc) is 2.46. The van der Waals surface area contributed by atoms with Gasteiger partial charge in [-0.25, -0.2) is 0 Å². The van der Waals surface area contributed by atoms with Crippen molar-refractivity contribution >= 4 is 17.4 Å². The molecule has 1 aliphatic heterocycles. The van der Waals surface area contributed by atoms with Gasteiger partial charge in [0.15, 0.2) is 0 Å². The Kier molecular flexibility index (Phi) is 4.92. The van der Waals surface area contributed by atoms with Crippen molar-refractivity contribution in [2.24, 2.45) is 5.73 Å². The van der Waals surface area contributed by atoms with Gasteiger partial charge in [-0.3, -0.25) is 0 Å². The third kappa shape index (κ3) is 2.82. The second kappa shape index (κ2) is 6.45. The van der Waals surface area contributed by atoms with Crippen molar-refractivity contribution in [1.29, 1.82) is 0 Å². The van der Waals surface area contributed by atoms with Crippen molar-refractivity contribution in [2.75, 3.05) is 30.9 Å². The highest BCUT2D eigenvalue weighted by atomic mass is 32.2. The van der Waals surface area contributed by atoms with Gasteiger partial charge in [-0.1, -0.05) is 13.0 Å². The summed E-state index contributed by atoms with van der Waals surface area (Å²) in [5.41, 5.74) is 8.48. The lowest BCUT2D eigenvalue weighted by molar-refractivity contribution is 0.0384. The second-order valence-electron chi connectivity index (χ2n) is 4.51. The predicted octanol–water partition coefficient (Wildman–Crippen LogP) is 2.48. The molecule has 0 aliphatic carbocycles. The second-order valence-corrected chi connectivity index (χ2v) is 5.36. The first-order valence-corrected chi connectivity index (χ1v) is 7.75. The summed E-state index contributed by atoms with van der Waals surface area (Å²) < 4.78 is 5.73. The first kappa shape index (κ1) is 13.7. The molecule has 2 N–H and O–H groups in total. The van der Waals surface area contributed by atoms with Gasteiger partial charge < -0.3 is 15.4 Å². The van der Waals surface area contributed by atoms with Gasteiger partial charge in [-0.05, 0) is 24.8 Å². The van der Waals surface area contributed by atoms with Gasteiger partial charge in [-0.2, -0.15) is 0 Å². The van der Waals surface area contributed by atoms with Crippen molar-refractivity contribution in [2.45, 2.75) is 30.9 Å². The lowest BCUT2D eigenvalue weighted by atomic mass is 10.1. The highest BCUT2D eigenvalue weighted by molar-refractivity contribution is 7.98. The molecule has 100 valence electrons. The Labute approximate surface area is 114 Å². The van der Waals surface area contributed by atoms with Gasteiger partial charge in [0.1, 0.15) is 0 Å². The summed E-state index contributed by atoms with van der Waals surface area (Å²) in [6.07, 6.45) is 3.52. The third-order valence-corrected chi connectivity index (χ3v) is 4.29. The standard InChI is InChI=1S/C14H22N2OS/c1-3-11-10-16(7-8-17-11)13-5-4-6-14(18-2)12(13)9-15/h4-6,11H,3,7-10,15H2,1-2H3. The minimum Gasteiger partial charge on any atom is -0.375 e. The van der Waals surface area contributed by atoms with Crippen LogP contribution in [0.25, 0.3) is 0 Å². The molecule has 18 heavy (non-hydrogen) atoms. The van der Waals surface area contributed by atoms with Crippen LogP contribution < -0.4 is 10.6 Å². The molecule has 1 aromatic carbocycles. The number of benzene rings is 1. The van der Waals surface area contributed by atoms with E-state index in [1.54, 1.807) is 11.8 Å². The van der Waals surface area contributed by atoms with E-state index in [2.05, 4.69) is 36.3 Å². The smallest absolute Gasteiger partial charge is 0.0748 e. The first-order valence-electron chi connectivity index (χ1n) is 6.52. The molecule has 0 amide bonds. The van der Waals surface area contributed by atoms with Crippen molar-refractivity contribution < 1.29 is 4.74 Å². The Hall–Kier alpha value is -0.710. The number of rotatable bonds is 4. The van der Waals surface area contributed by atoms with E-state index in [9.17, 15) is 0 Å². The van der Waals surface area contributed by atoms with E-state index in [1.165, 1.54) is 16.1 Å². The van der Waals surface area contributed by atoms with Gasteiger partial charge in [0.2, 0.25) is 0 Å². The highest BCUT2D eigenvalue weighted by Crippen LogP contribution is 2.30. The third-order valence-electron chi connectivity index (χ3n) is 3.47. The number of nitrogens with two attached hydrogens (primary N) is 1. The van der Waals surface area contributed by atoms with E-state index in [0.29, 0.717) is 12.6 Å². The van der Waals surface area contributed by atoms with Gasteiger partial charge in [-0.15, -0.1) is 11.8 Å². The molecule has 1 heterocycles. The number of hydrogen-bond acceptors (Lipinski definition) is 4. The Morgan fingerprint density at radius 1 is 1.50 bits per heavy atom. The molecule has 2 rings (SSSR count). The number of anilines is 1. The fraction of sp³-hybridized carbons (Fsp3) is 0.571. The molecule has 0 bridgehead atoms.